The van der Waals surface area contributed by atoms with Crippen LogP contribution in [0.1, 0.15) is 30.4 Å². The molecule has 1 amide bonds. The number of hydrogen-bond acceptors (Lipinski definition) is 1. The highest BCUT2D eigenvalue weighted by molar-refractivity contribution is 5.94. The van der Waals surface area contributed by atoms with Gasteiger partial charge in [0.1, 0.15) is 5.82 Å². The summed E-state index contributed by atoms with van der Waals surface area (Å²) in [6.07, 6.45) is 0.484. The Kier molecular flexibility index (Phi) is 2.02. The lowest BCUT2D eigenvalue weighted by molar-refractivity contribution is -0.116. The van der Waals surface area contributed by atoms with E-state index in [1.54, 1.807) is 6.92 Å². The number of rotatable bonds is 0. The van der Waals surface area contributed by atoms with Crippen LogP contribution in [0.15, 0.2) is 12.1 Å². The molecule has 1 aromatic rings. The minimum atomic E-state index is -0.266. The number of benzene rings is 1. The highest BCUT2D eigenvalue weighted by Gasteiger charge is 2.22. The van der Waals surface area contributed by atoms with Crippen molar-refractivity contribution in [3.8, 4) is 0 Å². The van der Waals surface area contributed by atoms with Gasteiger partial charge in [-0.1, -0.05) is 13.0 Å². The number of aryl methyl sites for hydroxylation is 1. The second-order valence-electron chi connectivity index (χ2n) is 3.84. The third kappa shape index (κ3) is 1.39. The summed E-state index contributed by atoms with van der Waals surface area (Å²) in [5, 5.41) is 2.68. The van der Waals surface area contributed by atoms with Gasteiger partial charge < -0.3 is 5.32 Å². The number of anilines is 1. The summed E-state index contributed by atoms with van der Waals surface area (Å²) < 4.78 is 13.2. The Labute approximate surface area is 82.1 Å². The molecule has 1 atom stereocenters. The maximum Gasteiger partial charge on any atom is 0.224 e. The predicted molar refractivity (Wildman–Crippen MR) is 52.8 cm³/mol. The molecule has 1 aliphatic rings. The molecule has 0 fully saturated rings. The average Bonchev–Trinajstić information content (AvgIpc) is 2.08. The lowest BCUT2D eigenvalue weighted by Crippen LogP contribution is -2.21. The Morgan fingerprint density at radius 2 is 2.21 bits per heavy atom. The van der Waals surface area contributed by atoms with Gasteiger partial charge in [0.25, 0.3) is 0 Å². The van der Waals surface area contributed by atoms with Gasteiger partial charge >= 0.3 is 0 Å². The van der Waals surface area contributed by atoms with Gasteiger partial charge in [-0.05, 0) is 30.0 Å². The first-order valence-electron chi connectivity index (χ1n) is 4.68. The van der Waals surface area contributed by atoms with Crippen LogP contribution in [-0.4, -0.2) is 5.91 Å². The molecule has 2 rings (SSSR count). The molecule has 0 spiro atoms. The van der Waals surface area contributed by atoms with E-state index in [2.05, 4.69) is 5.32 Å². The molecule has 2 nitrogen and oxygen atoms in total. The highest BCUT2D eigenvalue weighted by Crippen LogP contribution is 2.33. The first-order chi connectivity index (χ1) is 6.58. The van der Waals surface area contributed by atoms with Crippen LogP contribution in [0.2, 0.25) is 0 Å². The van der Waals surface area contributed by atoms with E-state index >= 15 is 0 Å². The quantitative estimate of drug-likeness (QED) is 0.674. The summed E-state index contributed by atoms with van der Waals surface area (Å²) in [5.41, 5.74) is 2.28. The fraction of sp³-hybridized carbons (Fsp3) is 0.364. The molecule has 14 heavy (non-hydrogen) atoms. The molecular formula is C11H12FNO. The maximum atomic E-state index is 13.2. The van der Waals surface area contributed by atoms with E-state index in [-0.39, 0.29) is 17.6 Å². The third-order valence-corrected chi connectivity index (χ3v) is 2.63. The molecule has 1 aromatic carbocycles. The molecule has 74 valence electrons. The SMILES string of the molecule is Cc1cc2c(cc1F)NC(=O)CC2C. The van der Waals surface area contributed by atoms with Gasteiger partial charge in [-0.2, -0.15) is 0 Å². The van der Waals surface area contributed by atoms with Crippen molar-refractivity contribution < 1.29 is 9.18 Å². The fourth-order valence-corrected chi connectivity index (χ4v) is 1.81. The largest absolute Gasteiger partial charge is 0.326 e. The highest BCUT2D eigenvalue weighted by atomic mass is 19.1. The van der Waals surface area contributed by atoms with Crippen LogP contribution in [0, 0.1) is 12.7 Å². The zero-order valence-corrected chi connectivity index (χ0v) is 8.23. The lowest BCUT2D eigenvalue weighted by atomic mass is 9.91. The van der Waals surface area contributed by atoms with E-state index in [1.807, 2.05) is 13.0 Å². The van der Waals surface area contributed by atoms with Crippen LogP contribution in [0.25, 0.3) is 0 Å². The second kappa shape index (κ2) is 3.08. The summed E-state index contributed by atoms with van der Waals surface area (Å²) >= 11 is 0. The van der Waals surface area contributed by atoms with Gasteiger partial charge in [-0.15, -0.1) is 0 Å². The molecule has 0 saturated carbocycles. The molecule has 1 N–H and O–H groups in total. The fourth-order valence-electron chi connectivity index (χ4n) is 1.81. The molecule has 0 radical (unpaired) electrons. The van der Waals surface area contributed by atoms with E-state index in [0.717, 1.165) is 5.56 Å². The number of fused-ring (bicyclic) bond motifs is 1. The zero-order valence-electron chi connectivity index (χ0n) is 8.23. The van der Waals surface area contributed by atoms with Gasteiger partial charge in [-0.3, -0.25) is 4.79 Å². The molecule has 0 bridgehead atoms. The molecule has 1 heterocycles. The normalized spacial score (nSPS) is 20.2. The summed E-state index contributed by atoms with van der Waals surface area (Å²) in [6.45, 7) is 3.72. The van der Waals surface area contributed by atoms with Crippen molar-refractivity contribution in [2.24, 2.45) is 0 Å². The van der Waals surface area contributed by atoms with Crippen LogP contribution in [0.4, 0.5) is 10.1 Å². The van der Waals surface area contributed by atoms with Gasteiger partial charge in [0, 0.05) is 12.1 Å². The monoisotopic (exact) mass is 193 g/mol. The van der Waals surface area contributed by atoms with Crippen LogP contribution in [0.5, 0.6) is 0 Å². The second-order valence-corrected chi connectivity index (χ2v) is 3.84. The van der Waals surface area contributed by atoms with E-state index in [0.29, 0.717) is 17.7 Å². The van der Waals surface area contributed by atoms with Crippen molar-refractivity contribution >= 4 is 11.6 Å². The van der Waals surface area contributed by atoms with Crippen molar-refractivity contribution in [3.05, 3.63) is 29.1 Å². The first kappa shape index (κ1) is 9.19. The first-order valence-corrected chi connectivity index (χ1v) is 4.68. The number of amides is 1. The number of carbonyl (C=O) groups excluding carboxylic acids is 1. The van der Waals surface area contributed by atoms with Crippen LogP contribution >= 0.6 is 0 Å². The van der Waals surface area contributed by atoms with Crippen molar-refractivity contribution in [2.75, 3.05) is 5.32 Å². The Bertz CT molecular complexity index is 401. The van der Waals surface area contributed by atoms with E-state index < -0.39 is 0 Å². The van der Waals surface area contributed by atoms with Gasteiger partial charge in [0.15, 0.2) is 0 Å². The molecule has 1 unspecified atom stereocenters. The molecule has 1 aliphatic heterocycles. The maximum absolute atomic E-state index is 13.2. The van der Waals surface area contributed by atoms with Crippen molar-refractivity contribution in [3.63, 3.8) is 0 Å². The predicted octanol–water partition coefficient (Wildman–Crippen LogP) is 2.58. The summed E-state index contributed by atoms with van der Waals surface area (Å²) in [6, 6.07) is 3.22. The van der Waals surface area contributed by atoms with Crippen molar-refractivity contribution in [1.29, 1.82) is 0 Å². The number of halogens is 1. The summed E-state index contributed by atoms with van der Waals surface area (Å²) in [5.74, 6) is -0.121. The topological polar surface area (TPSA) is 29.1 Å². The number of hydrogen-bond donors (Lipinski definition) is 1. The van der Waals surface area contributed by atoms with Crippen molar-refractivity contribution in [1.82, 2.24) is 0 Å². The number of nitrogens with one attached hydrogen (secondary N) is 1. The van der Waals surface area contributed by atoms with Gasteiger partial charge in [0.05, 0.1) is 0 Å². The van der Waals surface area contributed by atoms with Crippen LogP contribution < -0.4 is 5.32 Å². The van der Waals surface area contributed by atoms with Crippen LogP contribution in [0.3, 0.4) is 0 Å². The molecular weight excluding hydrogens is 181 g/mol. The number of carbonyl (C=O) groups is 1. The average molecular weight is 193 g/mol. The van der Waals surface area contributed by atoms with Gasteiger partial charge in [0.2, 0.25) is 5.91 Å². The molecule has 3 heteroatoms. The van der Waals surface area contributed by atoms with Gasteiger partial charge in [-0.25, -0.2) is 4.39 Å². The molecule has 0 saturated heterocycles. The van der Waals surface area contributed by atoms with Crippen molar-refractivity contribution in [2.45, 2.75) is 26.2 Å². The minimum Gasteiger partial charge on any atom is -0.326 e. The van der Waals surface area contributed by atoms with E-state index in [9.17, 15) is 9.18 Å². The standard InChI is InChI=1S/C11H12FNO/c1-6-4-11(14)13-10-5-9(12)7(2)3-8(6)10/h3,5-6H,4H2,1-2H3,(H,13,14). The Morgan fingerprint density at radius 1 is 1.50 bits per heavy atom. The summed E-state index contributed by atoms with van der Waals surface area (Å²) in [4.78, 5) is 11.2. The zero-order chi connectivity index (χ0) is 10.3. The lowest BCUT2D eigenvalue weighted by Gasteiger charge is -2.23. The Morgan fingerprint density at radius 3 is 2.93 bits per heavy atom. The van der Waals surface area contributed by atoms with Crippen LogP contribution in [-0.2, 0) is 4.79 Å². The molecule has 0 aromatic heterocycles. The smallest absolute Gasteiger partial charge is 0.224 e. The Hall–Kier alpha value is -1.38. The summed E-state index contributed by atoms with van der Waals surface area (Å²) in [7, 11) is 0. The molecule has 0 aliphatic carbocycles. The Balaban J connectivity index is 2.54. The third-order valence-electron chi connectivity index (χ3n) is 2.63. The van der Waals surface area contributed by atoms with E-state index in [1.165, 1.54) is 6.07 Å². The van der Waals surface area contributed by atoms with E-state index in [4.69, 9.17) is 0 Å². The minimum absolute atomic E-state index is 0.0340.